The van der Waals surface area contributed by atoms with Crippen LogP contribution in [0, 0.1) is 5.92 Å². The monoisotopic (exact) mass is 421 g/mol. The fraction of sp³-hybridized carbons (Fsp3) is 0.500. The highest BCUT2D eigenvalue weighted by molar-refractivity contribution is 5.97. The van der Waals surface area contributed by atoms with Gasteiger partial charge in [-0.3, -0.25) is 4.79 Å². The molecule has 0 bridgehead atoms. The maximum absolute atomic E-state index is 13.2. The minimum absolute atomic E-state index is 0.0203. The van der Waals surface area contributed by atoms with E-state index >= 15 is 0 Å². The van der Waals surface area contributed by atoms with Crippen molar-refractivity contribution >= 4 is 17.3 Å². The van der Waals surface area contributed by atoms with Gasteiger partial charge in [0.1, 0.15) is 0 Å². The van der Waals surface area contributed by atoms with Gasteiger partial charge in [0.15, 0.2) is 0 Å². The first-order valence-electron chi connectivity index (χ1n) is 11.7. The zero-order valence-corrected chi connectivity index (χ0v) is 18.8. The summed E-state index contributed by atoms with van der Waals surface area (Å²) in [4.78, 5) is 17.6. The number of carbonyl (C=O) groups excluding carboxylic acids is 1. The number of benzene rings is 2. The predicted molar refractivity (Wildman–Crippen MR) is 127 cm³/mol. The van der Waals surface area contributed by atoms with Crippen molar-refractivity contribution in [1.29, 1.82) is 0 Å². The smallest absolute Gasteiger partial charge is 0.230 e. The molecule has 2 aromatic rings. The van der Waals surface area contributed by atoms with Crippen molar-refractivity contribution in [3.8, 4) is 0 Å². The Balaban J connectivity index is 1.47. The molecule has 166 valence electrons. The summed E-state index contributed by atoms with van der Waals surface area (Å²) in [5.74, 6) is 0.232. The zero-order valence-electron chi connectivity index (χ0n) is 18.8. The van der Waals surface area contributed by atoms with Gasteiger partial charge in [0.25, 0.3) is 0 Å². The summed E-state index contributed by atoms with van der Waals surface area (Å²) in [5, 5.41) is 14.2. The average Bonchev–Trinajstić information content (AvgIpc) is 3.19. The van der Waals surface area contributed by atoms with Crippen LogP contribution in [-0.4, -0.2) is 43.7 Å². The number of anilines is 2. The second-order valence-electron chi connectivity index (χ2n) is 8.83. The lowest BCUT2D eigenvalue weighted by atomic mass is 9.88. The number of amides is 1. The number of hydrogen-bond donors (Lipinski definition) is 2. The lowest BCUT2D eigenvalue weighted by molar-refractivity contribution is -0.120. The van der Waals surface area contributed by atoms with Crippen molar-refractivity contribution in [3.63, 3.8) is 0 Å². The van der Waals surface area contributed by atoms with E-state index in [0.29, 0.717) is 12.8 Å². The SMILES string of the molecule is CCC(O)(CC)c1ccc(N2CCC(Cc3ccccc3N3CCNCC3)C2=O)cc1. The van der Waals surface area contributed by atoms with E-state index in [1.165, 1.54) is 11.3 Å². The topological polar surface area (TPSA) is 55.8 Å². The maximum atomic E-state index is 13.2. The van der Waals surface area contributed by atoms with Crippen LogP contribution in [0.5, 0.6) is 0 Å². The summed E-state index contributed by atoms with van der Waals surface area (Å²) in [6.07, 6.45) is 3.03. The van der Waals surface area contributed by atoms with Crippen LogP contribution in [0.25, 0.3) is 0 Å². The summed E-state index contributed by atoms with van der Waals surface area (Å²) in [6, 6.07) is 16.5. The van der Waals surface area contributed by atoms with Crippen molar-refractivity contribution in [2.45, 2.75) is 45.1 Å². The minimum Gasteiger partial charge on any atom is -0.385 e. The summed E-state index contributed by atoms with van der Waals surface area (Å²) < 4.78 is 0. The number of hydrogen-bond acceptors (Lipinski definition) is 4. The largest absolute Gasteiger partial charge is 0.385 e. The molecule has 2 N–H and O–H groups in total. The van der Waals surface area contributed by atoms with Crippen molar-refractivity contribution in [2.75, 3.05) is 42.5 Å². The van der Waals surface area contributed by atoms with E-state index in [1.54, 1.807) is 0 Å². The van der Waals surface area contributed by atoms with Crippen molar-refractivity contribution in [1.82, 2.24) is 5.32 Å². The molecule has 2 aliphatic heterocycles. The number of aliphatic hydroxyl groups is 1. The Bertz CT molecular complexity index is 886. The lowest BCUT2D eigenvalue weighted by Gasteiger charge is -2.31. The summed E-state index contributed by atoms with van der Waals surface area (Å²) in [5.41, 5.74) is 3.62. The first kappa shape index (κ1) is 21.8. The van der Waals surface area contributed by atoms with Crippen LogP contribution >= 0.6 is 0 Å². The van der Waals surface area contributed by atoms with E-state index in [-0.39, 0.29) is 11.8 Å². The van der Waals surface area contributed by atoms with Gasteiger partial charge in [0.2, 0.25) is 5.91 Å². The second-order valence-corrected chi connectivity index (χ2v) is 8.83. The molecule has 1 amide bonds. The van der Waals surface area contributed by atoms with Crippen LogP contribution in [0.15, 0.2) is 48.5 Å². The Morgan fingerprint density at radius 1 is 1.00 bits per heavy atom. The number of piperazine rings is 1. The zero-order chi connectivity index (χ0) is 21.8. The molecule has 2 heterocycles. The molecule has 0 saturated carbocycles. The van der Waals surface area contributed by atoms with Gasteiger partial charge >= 0.3 is 0 Å². The molecular weight excluding hydrogens is 386 g/mol. The highest BCUT2D eigenvalue weighted by atomic mass is 16.3. The molecule has 1 atom stereocenters. The van der Waals surface area contributed by atoms with Crippen LogP contribution in [0.2, 0.25) is 0 Å². The highest BCUT2D eigenvalue weighted by Crippen LogP contribution is 2.33. The Morgan fingerprint density at radius 3 is 2.35 bits per heavy atom. The predicted octanol–water partition coefficient (Wildman–Crippen LogP) is 3.70. The van der Waals surface area contributed by atoms with E-state index in [2.05, 4.69) is 34.5 Å². The number of nitrogens with zero attached hydrogens (tertiary/aromatic N) is 2. The van der Waals surface area contributed by atoms with Gasteiger partial charge in [-0.25, -0.2) is 0 Å². The highest BCUT2D eigenvalue weighted by Gasteiger charge is 2.33. The molecule has 0 spiro atoms. The van der Waals surface area contributed by atoms with Gasteiger partial charge < -0.3 is 20.2 Å². The fourth-order valence-electron chi connectivity index (χ4n) is 4.96. The molecule has 5 nitrogen and oxygen atoms in total. The van der Waals surface area contributed by atoms with Gasteiger partial charge in [0.05, 0.1) is 5.60 Å². The Kier molecular flexibility index (Phi) is 6.63. The van der Waals surface area contributed by atoms with E-state index in [0.717, 1.165) is 56.8 Å². The number of nitrogens with one attached hydrogen (secondary N) is 1. The third-order valence-corrected chi connectivity index (χ3v) is 7.12. The molecule has 1 unspecified atom stereocenters. The van der Waals surface area contributed by atoms with Gasteiger partial charge in [-0.15, -0.1) is 0 Å². The third kappa shape index (κ3) is 4.48. The van der Waals surface area contributed by atoms with Crippen molar-refractivity contribution in [3.05, 3.63) is 59.7 Å². The normalized spacial score (nSPS) is 19.8. The molecule has 31 heavy (non-hydrogen) atoms. The van der Waals surface area contributed by atoms with Crippen LogP contribution in [-0.2, 0) is 16.8 Å². The van der Waals surface area contributed by atoms with Gasteiger partial charge in [-0.1, -0.05) is 44.2 Å². The molecule has 2 fully saturated rings. The maximum Gasteiger partial charge on any atom is 0.230 e. The Labute approximate surface area is 186 Å². The lowest BCUT2D eigenvalue weighted by Crippen LogP contribution is -2.44. The van der Waals surface area contributed by atoms with Crippen LogP contribution < -0.4 is 15.1 Å². The number of rotatable bonds is 7. The van der Waals surface area contributed by atoms with Crippen LogP contribution in [0.4, 0.5) is 11.4 Å². The molecule has 2 saturated heterocycles. The van der Waals surface area contributed by atoms with Crippen LogP contribution in [0.3, 0.4) is 0 Å². The first-order valence-corrected chi connectivity index (χ1v) is 11.7. The Hall–Kier alpha value is -2.37. The van der Waals surface area contributed by atoms with E-state index < -0.39 is 5.60 Å². The van der Waals surface area contributed by atoms with E-state index in [9.17, 15) is 9.90 Å². The van der Waals surface area contributed by atoms with Crippen molar-refractivity contribution < 1.29 is 9.90 Å². The number of carbonyl (C=O) groups is 1. The summed E-state index contributed by atoms with van der Waals surface area (Å²) in [6.45, 7) is 8.79. The van der Waals surface area contributed by atoms with Gasteiger partial charge in [-0.2, -0.15) is 0 Å². The summed E-state index contributed by atoms with van der Waals surface area (Å²) in [7, 11) is 0. The quantitative estimate of drug-likeness (QED) is 0.716. The van der Waals surface area contributed by atoms with Crippen molar-refractivity contribution in [2.24, 2.45) is 5.92 Å². The fourth-order valence-corrected chi connectivity index (χ4v) is 4.96. The van der Waals surface area contributed by atoms with E-state index in [4.69, 9.17) is 0 Å². The molecule has 2 aromatic carbocycles. The third-order valence-electron chi connectivity index (χ3n) is 7.12. The second kappa shape index (κ2) is 9.41. The first-order chi connectivity index (χ1) is 15.1. The average molecular weight is 422 g/mol. The standard InChI is InChI=1S/C26H35N3O2/c1-3-26(31,4-2)22-9-11-23(12-10-22)29-16-13-21(25(29)30)19-20-7-5-6-8-24(20)28-17-14-27-15-18-28/h5-12,21,27,31H,3-4,13-19H2,1-2H3. The molecule has 0 aromatic heterocycles. The van der Waals surface area contributed by atoms with Crippen LogP contribution in [0.1, 0.15) is 44.2 Å². The molecule has 0 aliphatic carbocycles. The molecule has 0 radical (unpaired) electrons. The molecular formula is C26H35N3O2. The molecule has 2 aliphatic rings. The Morgan fingerprint density at radius 2 is 1.68 bits per heavy atom. The summed E-state index contributed by atoms with van der Waals surface area (Å²) >= 11 is 0. The van der Waals surface area contributed by atoms with Gasteiger partial charge in [-0.05, 0) is 55.0 Å². The van der Waals surface area contributed by atoms with E-state index in [1.807, 2.05) is 43.0 Å². The number of para-hydroxylation sites is 1. The minimum atomic E-state index is -0.788. The van der Waals surface area contributed by atoms with Gasteiger partial charge in [0, 0.05) is 50.0 Å². The molecule has 4 rings (SSSR count). The molecule has 5 heteroatoms.